The molecule has 1 aromatic heterocycles. The third-order valence-electron chi connectivity index (χ3n) is 6.58. The third-order valence-corrected chi connectivity index (χ3v) is 9.07. The van der Waals surface area contributed by atoms with Crippen molar-refractivity contribution in [1.29, 1.82) is 0 Å². The number of sulfonamides is 1. The number of fused-ring (bicyclic) bond motifs is 2. The van der Waals surface area contributed by atoms with Gasteiger partial charge in [-0.15, -0.1) is 0 Å². The maximum absolute atomic E-state index is 13.3. The number of carbonyl (C=O) groups is 1. The van der Waals surface area contributed by atoms with Gasteiger partial charge in [-0.1, -0.05) is 12.1 Å². The van der Waals surface area contributed by atoms with Crippen molar-refractivity contribution in [1.82, 2.24) is 14.8 Å². The van der Waals surface area contributed by atoms with E-state index in [0.717, 1.165) is 25.7 Å². The number of hydrogen-bond donors (Lipinski definition) is 2. The van der Waals surface area contributed by atoms with E-state index in [2.05, 4.69) is 10.5 Å². The summed E-state index contributed by atoms with van der Waals surface area (Å²) in [5, 5.41) is 6.55. The van der Waals surface area contributed by atoms with Gasteiger partial charge in [-0.3, -0.25) is 4.79 Å². The average Bonchev–Trinajstić information content (AvgIpc) is 3.25. The molecule has 3 heterocycles. The molecule has 9 heteroatoms. The molecule has 3 fully saturated rings. The summed E-state index contributed by atoms with van der Waals surface area (Å²) >= 11 is 0. The van der Waals surface area contributed by atoms with Crippen LogP contribution < -0.4 is 11.1 Å². The van der Waals surface area contributed by atoms with Crippen molar-refractivity contribution >= 4 is 15.9 Å². The molecule has 1 aliphatic carbocycles. The Morgan fingerprint density at radius 2 is 1.86 bits per heavy atom. The van der Waals surface area contributed by atoms with E-state index in [1.807, 2.05) is 6.92 Å². The molecule has 2 aliphatic heterocycles. The summed E-state index contributed by atoms with van der Waals surface area (Å²) in [6.07, 6.45) is 6.62. The summed E-state index contributed by atoms with van der Waals surface area (Å²) < 4.78 is 33.4. The van der Waals surface area contributed by atoms with Gasteiger partial charge >= 0.3 is 0 Å². The lowest BCUT2D eigenvalue weighted by molar-refractivity contribution is 0.0899. The first-order valence-corrected chi connectivity index (χ1v) is 11.9. The van der Waals surface area contributed by atoms with Gasteiger partial charge in [0.15, 0.2) is 5.69 Å². The van der Waals surface area contributed by atoms with E-state index in [1.165, 1.54) is 0 Å². The first kappa shape index (κ1) is 19.8. The minimum Gasteiger partial charge on any atom is -0.361 e. The fraction of sp³-hybridized carbons (Fsp3) is 0.789. The van der Waals surface area contributed by atoms with E-state index < -0.39 is 10.0 Å². The topological polar surface area (TPSA) is 119 Å². The lowest BCUT2D eigenvalue weighted by Gasteiger charge is -2.40. The number of piperidine rings is 1. The SMILES string of the molecule is CCc1cc(C(=O)NC2C[C@@H]3CC[C@@H](C2)N3S(=O)(=O)[C@H]2CC[C@H](N)CC2)no1. The van der Waals surface area contributed by atoms with E-state index >= 15 is 0 Å². The monoisotopic (exact) mass is 410 g/mol. The molecular weight excluding hydrogens is 380 g/mol. The number of nitrogens with zero attached hydrogens (tertiary/aromatic N) is 2. The second-order valence-electron chi connectivity index (χ2n) is 8.47. The van der Waals surface area contributed by atoms with Crippen LogP contribution in [0, 0.1) is 0 Å². The Kier molecular flexibility index (Phi) is 5.50. The maximum Gasteiger partial charge on any atom is 0.273 e. The van der Waals surface area contributed by atoms with Crippen LogP contribution in [0.3, 0.4) is 0 Å². The maximum atomic E-state index is 13.3. The molecule has 1 saturated carbocycles. The number of nitrogens with two attached hydrogens (primary N) is 1. The molecule has 8 nitrogen and oxygen atoms in total. The van der Waals surface area contributed by atoms with Gasteiger partial charge in [-0.05, 0) is 51.4 Å². The minimum atomic E-state index is -3.31. The second kappa shape index (κ2) is 7.76. The van der Waals surface area contributed by atoms with Crippen LogP contribution in [0.1, 0.15) is 74.5 Å². The Morgan fingerprint density at radius 1 is 1.21 bits per heavy atom. The summed E-state index contributed by atoms with van der Waals surface area (Å²) in [7, 11) is -3.31. The summed E-state index contributed by atoms with van der Waals surface area (Å²) in [4.78, 5) is 12.5. The van der Waals surface area contributed by atoms with Crippen LogP contribution in [-0.4, -0.2) is 53.2 Å². The molecule has 2 atom stereocenters. The smallest absolute Gasteiger partial charge is 0.273 e. The molecule has 3 aliphatic rings. The van der Waals surface area contributed by atoms with E-state index in [9.17, 15) is 13.2 Å². The van der Waals surface area contributed by atoms with Gasteiger partial charge in [0.05, 0.1) is 5.25 Å². The van der Waals surface area contributed by atoms with Crippen molar-refractivity contribution < 1.29 is 17.7 Å². The summed E-state index contributed by atoms with van der Waals surface area (Å²) in [5.74, 6) is 0.434. The molecular formula is C19H30N4O4S. The first-order chi connectivity index (χ1) is 13.4. The zero-order valence-corrected chi connectivity index (χ0v) is 17.2. The van der Waals surface area contributed by atoms with Crippen LogP contribution in [0.5, 0.6) is 0 Å². The van der Waals surface area contributed by atoms with Gasteiger partial charge in [-0.25, -0.2) is 8.42 Å². The van der Waals surface area contributed by atoms with Crippen molar-refractivity contribution in [3.63, 3.8) is 0 Å². The molecule has 0 radical (unpaired) electrons. The van der Waals surface area contributed by atoms with Crippen LogP contribution in [0.25, 0.3) is 0 Å². The number of nitrogens with one attached hydrogen (secondary N) is 1. The Labute approximate surface area is 166 Å². The quantitative estimate of drug-likeness (QED) is 0.760. The van der Waals surface area contributed by atoms with E-state index in [4.69, 9.17) is 10.3 Å². The van der Waals surface area contributed by atoms with Crippen molar-refractivity contribution in [2.24, 2.45) is 5.73 Å². The van der Waals surface area contributed by atoms with Crippen LogP contribution in [0.2, 0.25) is 0 Å². The molecule has 0 aromatic carbocycles. The number of carbonyl (C=O) groups excluding carboxylic acids is 1. The largest absolute Gasteiger partial charge is 0.361 e. The van der Waals surface area contributed by atoms with Gasteiger partial charge in [0.2, 0.25) is 10.0 Å². The van der Waals surface area contributed by atoms with Gasteiger partial charge in [0.1, 0.15) is 5.76 Å². The predicted octanol–water partition coefficient (Wildman–Crippen LogP) is 1.56. The lowest BCUT2D eigenvalue weighted by atomic mass is 9.96. The fourth-order valence-electron chi connectivity index (χ4n) is 5.07. The Balaban J connectivity index is 1.41. The van der Waals surface area contributed by atoms with E-state index in [-0.39, 0.29) is 41.0 Å². The highest BCUT2D eigenvalue weighted by molar-refractivity contribution is 7.89. The molecule has 2 saturated heterocycles. The van der Waals surface area contributed by atoms with Crippen LogP contribution >= 0.6 is 0 Å². The second-order valence-corrected chi connectivity index (χ2v) is 10.6. The van der Waals surface area contributed by atoms with Crippen LogP contribution in [0.15, 0.2) is 10.6 Å². The minimum absolute atomic E-state index is 0.0202. The van der Waals surface area contributed by atoms with Crippen LogP contribution in [-0.2, 0) is 16.4 Å². The van der Waals surface area contributed by atoms with Gasteiger partial charge in [0, 0.05) is 36.7 Å². The first-order valence-electron chi connectivity index (χ1n) is 10.4. The predicted molar refractivity (Wildman–Crippen MR) is 104 cm³/mol. The standard InChI is InChI=1S/C19H30N4O4S/c1-2-16-11-18(22-27-16)19(24)21-13-9-14-5-6-15(10-13)23(14)28(25,26)17-7-3-12(20)4-8-17/h11-15,17H,2-10,20H2,1H3,(H,21,24)/t12-,14-,15-,17-/m0/s1. The van der Waals surface area contributed by atoms with Crippen molar-refractivity contribution in [3.05, 3.63) is 17.5 Å². The molecule has 0 spiro atoms. The van der Waals surface area contributed by atoms with Gasteiger partial charge in [0.25, 0.3) is 5.91 Å². The fourth-order valence-corrected chi connectivity index (χ4v) is 7.50. The molecule has 28 heavy (non-hydrogen) atoms. The summed E-state index contributed by atoms with van der Waals surface area (Å²) in [5.41, 5.74) is 6.24. The Hall–Kier alpha value is -1.45. The highest BCUT2D eigenvalue weighted by Gasteiger charge is 2.49. The molecule has 156 valence electrons. The number of rotatable bonds is 5. The Bertz CT molecular complexity index is 802. The highest BCUT2D eigenvalue weighted by Crippen LogP contribution is 2.40. The molecule has 1 amide bonds. The number of amides is 1. The summed E-state index contributed by atoms with van der Waals surface area (Å²) in [6.45, 7) is 1.94. The zero-order valence-electron chi connectivity index (χ0n) is 16.3. The number of aromatic nitrogens is 1. The zero-order chi connectivity index (χ0) is 19.9. The molecule has 1 aromatic rings. The lowest BCUT2D eigenvalue weighted by Crippen LogP contribution is -2.55. The highest BCUT2D eigenvalue weighted by atomic mass is 32.2. The van der Waals surface area contributed by atoms with Gasteiger partial charge in [-0.2, -0.15) is 4.31 Å². The van der Waals surface area contributed by atoms with E-state index in [0.29, 0.717) is 37.9 Å². The molecule has 4 rings (SSSR count). The van der Waals surface area contributed by atoms with Gasteiger partial charge < -0.3 is 15.6 Å². The molecule has 2 bridgehead atoms. The molecule has 3 N–H and O–H groups in total. The third kappa shape index (κ3) is 3.71. The van der Waals surface area contributed by atoms with Crippen LogP contribution in [0.4, 0.5) is 0 Å². The number of aryl methyl sites for hydroxylation is 1. The number of hydrogen-bond acceptors (Lipinski definition) is 6. The molecule has 0 unspecified atom stereocenters. The Morgan fingerprint density at radius 3 is 2.43 bits per heavy atom. The van der Waals surface area contributed by atoms with E-state index in [1.54, 1.807) is 10.4 Å². The van der Waals surface area contributed by atoms with Crippen molar-refractivity contribution in [3.8, 4) is 0 Å². The van der Waals surface area contributed by atoms with Crippen molar-refractivity contribution in [2.75, 3.05) is 0 Å². The summed E-state index contributed by atoms with van der Waals surface area (Å²) in [6, 6.07) is 1.73. The normalized spacial score (nSPS) is 33.7. The van der Waals surface area contributed by atoms with Crippen molar-refractivity contribution in [2.45, 2.75) is 94.1 Å². The average molecular weight is 411 g/mol.